The average molecular weight is 493 g/mol. The average Bonchev–Trinajstić information content (AvgIpc) is 3.39. The van der Waals surface area contributed by atoms with E-state index in [1.165, 1.54) is 25.6 Å². The highest BCUT2D eigenvalue weighted by atomic mass is 19.2. The zero-order valence-electron chi connectivity index (χ0n) is 19.3. The van der Waals surface area contributed by atoms with Crippen LogP contribution >= 0.6 is 0 Å². The third kappa shape index (κ3) is 5.79. The van der Waals surface area contributed by atoms with E-state index < -0.39 is 28.9 Å². The highest BCUT2D eigenvalue weighted by Gasteiger charge is 2.18. The smallest absolute Gasteiger partial charge is 0.296 e. The second-order valence-electron chi connectivity index (χ2n) is 7.56. The fourth-order valence-corrected chi connectivity index (χ4v) is 3.42. The number of aromatic nitrogens is 3. The number of hydrogen-bond donors (Lipinski definition) is 2. The minimum atomic E-state index is -0.856. The maximum atomic E-state index is 13.3. The molecule has 1 unspecified atom stereocenters. The first kappa shape index (κ1) is 25.8. The number of aromatic hydroxyl groups is 1. The van der Waals surface area contributed by atoms with Crippen molar-refractivity contribution < 1.29 is 23.2 Å². The van der Waals surface area contributed by atoms with Gasteiger partial charge >= 0.3 is 0 Å². The Morgan fingerprint density at radius 2 is 2.00 bits per heavy atom. The molecule has 0 aliphatic rings. The first-order valence-corrected chi connectivity index (χ1v) is 10.7. The number of carbonyl (C=O) groups excluding carboxylic acids is 1. The third-order valence-electron chi connectivity index (χ3n) is 5.22. The summed E-state index contributed by atoms with van der Waals surface area (Å²) in [4.78, 5) is 26.7. The molecular weight excluding hydrogens is 472 g/mol. The summed E-state index contributed by atoms with van der Waals surface area (Å²) in [5.41, 5.74) is 1.35. The zero-order valence-corrected chi connectivity index (χ0v) is 19.3. The van der Waals surface area contributed by atoms with Crippen LogP contribution in [-0.2, 0) is 7.05 Å². The molecule has 2 N–H and O–H groups in total. The van der Waals surface area contributed by atoms with Gasteiger partial charge in [0, 0.05) is 13.0 Å². The molecule has 0 aliphatic carbocycles. The second kappa shape index (κ2) is 11.5. The summed E-state index contributed by atoms with van der Waals surface area (Å²) in [6.45, 7) is 1.96. The molecule has 11 heteroatoms. The normalized spacial score (nSPS) is 11.1. The molecule has 0 spiro atoms. The van der Waals surface area contributed by atoms with Crippen LogP contribution in [0, 0.1) is 23.0 Å². The monoisotopic (exact) mass is 493 g/mol. The van der Waals surface area contributed by atoms with Gasteiger partial charge in [-0.25, -0.2) is 13.8 Å². The Balaban J connectivity index is 0.000000202. The number of nitrogens with zero attached hydrogens (tertiary/aromatic N) is 4. The van der Waals surface area contributed by atoms with Gasteiger partial charge in [0.05, 0.1) is 24.2 Å². The predicted molar refractivity (Wildman–Crippen MR) is 125 cm³/mol. The number of amides is 1. The minimum Gasteiger partial charge on any atom is -0.501 e. The first-order chi connectivity index (χ1) is 17.3. The largest absolute Gasteiger partial charge is 0.501 e. The van der Waals surface area contributed by atoms with Crippen molar-refractivity contribution in [1.29, 1.82) is 5.26 Å². The molecule has 4 aromatic rings. The lowest BCUT2D eigenvalue weighted by Gasteiger charge is -2.17. The molecule has 36 heavy (non-hydrogen) atoms. The Kier molecular flexibility index (Phi) is 8.25. The fraction of sp³-hybridized carbons (Fsp3) is 0.160. The predicted octanol–water partition coefficient (Wildman–Crippen LogP) is 4.10. The highest BCUT2D eigenvalue weighted by Crippen LogP contribution is 2.30. The maximum absolute atomic E-state index is 13.3. The summed E-state index contributed by atoms with van der Waals surface area (Å²) in [7, 11) is 1.41. The van der Waals surface area contributed by atoms with Gasteiger partial charge in [-0.2, -0.15) is 5.26 Å². The number of benzene rings is 2. The SMILES string of the molecule is CCC(c1ccc(F)c(F)c1)c1ccccc1C#N.Cn1cnc(C(=O)Nc2cnoc2)c(O)c1=O. The van der Waals surface area contributed by atoms with Gasteiger partial charge in [-0.15, -0.1) is 0 Å². The molecule has 0 saturated carbocycles. The molecule has 9 nitrogen and oxygen atoms in total. The number of anilines is 1. The van der Waals surface area contributed by atoms with Gasteiger partial charge in [0.2, 0.25) is 5.75 Å². The van der Waals surface area contributed by atoms with E-state index in [0.29, 0.717) is 23.2 Å². The Hall–Kier alpha value is -4.85. The van der Waals surface area contributed by atoms with E-state index in [9.17, 15) is 23.5 Å². The Labute approximate surface area is 204 Å². The molecule has 1 atom stereocenters. The van der Waals surface area contributed by atoms with E-state index in [0.717, 1.165) is 22.5 Å². The zero-order chi connectivity index (χ0) is 26.2. The molecule has 4 rings (SSSR count). The molecule has 2 aromatic heterocycles. The quantitative estimate of drug-likeness (QED) is 0.427. The van der Waals surface area contributed by atoms with E-state index >= 15 is 0 Å². The van der Waals surface area contributed by atoms with Crippen LogP contribution in [0.25, 0.3) is 0 Å². The van der Waals surface area contributed by atoms with Gasteiger partial charge < -0.3 is 14.9 Å². The van der Waals surface area contributed by atoms with Gasteiger partial charge in [-0.3, -0.25) is 14.2 Å². The Bertz CT molecular complexity index is 1460. The van der Waals surface area contributed by atoms with Crippen LogP contribution in [0.15, 0.2) is 70.6 Å². The molecule has 0 saturated heterocycles. The summed E-state index contributed by atoms with van der Waals surface area (Å²) in [5, 5.41) is 24.4. The van der Waals surface area contributed by atoms with E-state index in [1.54, 1.807) is 18.2 Å². The minimum absolute atomic E-state index is 0.106. The van der Waals surface area contributed by atoms with E-state index in [4.69, 9.17) is 5.26 Å². The molecular formula is C25H21F2N5O4. The molecule has 1 amide bonds. The van der Waals surface area contributed by atoms with Crippen molar-refractivity contribution in [3.05, 3.63) is 106 Å². The van der Waals surface area contributed by atoms with Crippen LogP contribution in [0.2, 0.25) is 0 Å². The molecule has 0 radical (unpaired) electrons. The molecule has 184 valence electrons. The number of nitrogens with one attached hydrogen (secondary N) is 1. The number of rotatable bonds is 5. The molecule has 2 aromatic carbocycles. The van der Waals surface area contributed by atoms with Gasteiger partial charge in [-0.1, -0.05) is 36.3 Å². The van der Waals surface area contributed by atoms with Crippen molar-refractivity contribution in [3.63, 3.8) is 0 Å². The summed E-state index contributed by atoms with van der Waals surface area (Å²) >= 11 is 0. The second-order valence-corrected chi connectivity index (χ2v) is 7.56. The number of nitriles is 1. The maximum Gasteiger partial charge on any atom is 0.296 e. The lowest BCUT2D eigenvalue weighted by molar-refractivity contribution is 0.101. The standard InChI is InChI=1S/C16H13F2N.C9H8N4O4/c1-2-13(11-7-8-15(17)16(18)9-11)14-6-4-3-5-12(14)10-19;1-13-4-10-6(7(14)9(13)16)8(15)12-5-2-11-17-3-5/h3-9,13H,2H2,1H3;2-4,14H,1H3,(H,12,15). The highest BCUT2D eigenvalue weighted by molar-refractivity contribution is 6.04. The van der Waals surface area contributed by atoms with Crippen molar-refractivity contribution in [2.75, 3.05) is 5.32 Å². The van der Waals surface area contributed by atoms with Crippen molar-refractivity contribution in [1.82, 2.24) is 14.7 Å². The Morgan fingerprint density at radius 1 is 1.25 bits per heavy atom. The summed E-state index contributed by atoms with van der Waals surface area (Å²) < 4.78 is 31.9. The number of carbonyl (C=O) groups is 1. The van der Waals surface area contributed by atoms with Crippen molar-refractivity contribution in [2.45, 2.75) is 19.3 Å². The van der Waals surface area contributed by atoms with Crippen molar-refractivity contribution in [3.8, 4) is 11.8 Å². The summed E-state index contributed by atoms with van der Waals surface area (Å²) in [5.74, 6) is -3.24. The van der Waals surface area contributed by atoms with E-state index in [2.05, 4.69) is 26.0 Å². The number of aryl methyl sites for hydroxylation is 1. The topological polar surface area (TPSA) is 134 Å². The van der Waals surface area contributed by atoms with Gasteiger partial charge in [0.1, 0.15) is 12.0 Å². The summed E-state index contributed by atoms with van der Waals surface area (Å²) in [6, 6.07) is 13.3. The van der Waals surface area contributed by atoms with Gasteiger partial charge in [0.25, 0.3) is 11.5 Å². The van der Waals surface area contributed by atoms with Gasteiger partial charge in [-0.05, 0) is 35.7 Å². The summed E-state index contributed by atoms with van der Waals surface area (Å²) in [6.07, 6.45) is 4.33. The molecule has 2 heterocycles. The lowest BCUT2D eigenvalue weighted by Crippen LogP contribution is -2.22. The van der Waals surface area contributed by atoms with Crippen LogP contribution in [0.1, 0.15) is 46.4 Å². The molecule has 0 bridgehead atoms. The first-order valence-electron chi connectivity index (χ1n) is 10.7. The van der Waals surface area contributed by atoms with Crippen molar-refractivity contribution in [2.24, 2.45) is 7.05 Å². The fourth-order valence-electron chi connectivity index (χ4n) is 3.42. The van der Waals surface area contributed by atoms with Crippen LogP contribution < -0.4 is 10.9 Å². The van der Waals surface area contributed by atoms with Gasteiger partial charge in [0.15, 0.2) is 17.3 Å². The molecule has 0 fully saturated rings. The van der Waals surface area contributed by atoms with E-state index in [1.807, 2.05) is 19.1 Å². The molecule has 0 aliphatic heterocycles. The van der Waals surface area contributed by atoms with Crippen LogP contribution in [0.5, 0.6) is 5.75 Å². The Morgan fingerprint density at radius 3 is 2.64 bits per heavy atom. The van der Waals surface area contributed by atoms with Crippen molar-refractivity contribution >= 4 is 11.6 Å². The number of halogens is 2. The van der Waals surface area contributed by atoms with Crippen LogP contribution in [0.3, 0.4) is 0 Å². The lowest BCUT2D eigenvalue weighted by atomic mass is 9.86. The van der Waals surface area contributed by atoms with E-state index in [-0.39, 0.29) is 11.6 Å². The van der Waals surface area contributed by atoms with Crippen LogP contribution in [-0.4, -0.2) is 25.7 Å². The number of hydrogen-bond acceptors (Lipinski definition) is 7. The third-order valence-corrected chi connectivity index (χ3v) is 5.22. The van der Waals surface area contributed by atoms with Crippen LogP contribution in [0.4, 0.5) is 14.5 Å².